The number of nitrogens with one attached hydrogen (secondary N) is 1. The van der Waals surface area contributed by atoms with Crippen LogP contribution in [0.2, 0.25) is 0 Å². The number of ether oxygens (including phenoxy) is 2. The Balaban J connectivity index is 2.30. The molecule has 5 heteroatoms. The first-order chi connectivity index (χ1) is 9.45. The molecule has 1 aromatic rings. The van der Waals surface area contributed by atoms with Crippen molar-refractivity contribution < 1.29 is 18.7 Å². The third-order valence-corrected chi connectivity index (χ3v) is 3.57. The summed E-state index contributed by atoms with van der Waals surface area (Å²) in [5.41, 5.74) is 0.529. The highest BCUT2D eigenvalue weighted by Gasteiger charge is 2.43. The first-order valence-electron chi connectivity index (χ1n) is 6.70. The largest absolute Gasteiger partial charge is 0.467 e. The zero-order valence-electron chi connectivity index (χ0n) is 12.0. The molecule has 0 radical (unpaired) electrons. The third-order valence-electron chi connectivity index (χ3n) is 3.57. The molecule has 110 valence electrons. The second-order valence-corrected chi connectivity index (χ2v) is 5.35. The van der Waals surface area contributed by atoms with Crippen LogP contribution in [0.5, 0.6) is 0 Å². The Morgan fingerprint density at radius 1 is 1.50 bits per heavy atom. The maximum atomic E-state index is 13.5. The van der Waals surface area contributed by atoms with E-state index in [0.717, 1.165) is 5.56 Å². The van der Waals surface area contributed by atoms with E-state index >= 15 is 0 Å². The predicted octanol–water partition coefficient (Wildman–Crippen LogP) is 2.66. The molecule has 1 aromatic carbocycles. The fraction of sp³-hybridized carbons (Fsp3) is 0.533. The number of halogens is 1. The molecule has 0 bridgehead atoms. The minimum Gasteiger partial charge on any atom is -0.467 e. The number of methoxy groups -OCH3 is 1. The minimum atomic E-state index is -0.855. The van der Waals surface area contributed by atoms with Gasteiger partial charge in [-0.1, -0.05) is 0 Å². The summed E-state index contributed by atoms with van der Waals surface area (Å²) in [5.74, 6) is -0.665. The summed E-state index contributed by atoms with van der Waals surface area (Å²) in [7, 11) is 1.36. The van der Waals surface area contributed by atoms with E-state index in [9.17, 15) is 9.18 Å². The topological polar surface area (TPSA) is 47.6 Å². The third kappa shape index (κ3) is 3.10. The van der Waals surface area contributed by atoms with Gasteiger partial charge in [0.05, 0.1) is 13.2 Å². The van der Waals surface area contributed by atoms with E-state index in [1.807, 2.05) is 19.9 Å². The van der Waals surface area contributed by atoms with E-state index in [4.69, 9.17) is 9.47 Å². The summed E-state index contributed by atoms with van der Waals surface area (Å²) < 4.78 is 23.9. The number of benzene rings is 1. The lowest BCUT2D eigenvalue weighted by atomic mass is 9.86. The fourth-order valence-electron chi connectivity index (χ4n) is 2.72. The van der Waals surface area contributed by atoms with Crippen LogP contribution in [0.15, 0.2) is 18.2 Å². The quantitative estimate of drug-likeness (QED) is 0.865. The number of anilines is 1. The maximum Gasteiger partial charge on any atom is 0.331 e. The number of carbonyl (C=O) groups excluding carboxylic acids is 1. The Hall–Kier alpha value is -1.62. The number of aryl methyl sites for hydroxylation is 1. The van der Waals surface area contributed by atoms with Crippen LogP contribution in [-0.4, -0.2) is 31.3 Å². The second kappa shape index (κ2) is 5.79. The van der Waals surface area contributed by atoms with Crippen molar-refractivity contribution in [1.82, 2.24) is 0 Å². The van der Waals surface area contributed by atoms with Gasteiger partial charge < -0.3 is 14.8 Å². The highest BCUT2D eigenvalue weighted by atomic mass is 19.1. The number of carbonyl (C=O) groups is 1. The number of esters is 1. The molecule has 1 heterocycles. The first-order valence-corrected chi connectivity index (χ1v) is 6.70. The van der Waals surface area contributed by atoms with Gasteiger partial charge in [0, 0.05) is 25.1 Å². The molecular formula is C15H20FNO3. The fourth-order valence-corrected chi connectivity index (χ4v) is 2.72. The maximum absolute atomic E-state index is 13.5. The molecule has 20 heavy (non-hydrogen) atoms. The van der Waals surface area contributed by atoms with Crippen LogP contribution in [0.1, 0.15) is 25.3 Å². The van der Waals surface area contributed by atoms with E-state index in [1.165, 1.54) is 19.2 Å². The summed E-state index contributed by atoms with van der Waals surface area (Å²) in [5, 5.41) is 3.16. The van der Waals surface area contributed by atoms with Crippen molar-refractivity contribution in [3.63, 3.8) is 0 Å². The van der Waals surface area contributed by atoms with Gasteiger partial charge in [-0.15, -0.1) is 0 Å². The molecule has 0 amide bonds. The zero-order valence-corrected chi connectivity index (χ0v) is 12.0. The van der Waals surface area contributed by atoms with Crippen LogP contribution in [0.4, 0.5) is 10.1 Å². The minimum absolute atomic E-state index is 0.0509. The molecule has 1 fully saturated rings. The summed E-state index contributed by atoms with van der Waals surface area (Å²) in [6.07, 6.45) is 0.944. The average Bonchev–Trinajstić information content (AvgIpc) is 2.36. The summed E-state index contributed by atoms with van der Waals surface area (Å²) in [4.78, 5) is 12.2. The van der Waals surface area contributed by atoms with E-state index in [1.54, 1.807) is 0 Å². The van der Waals surface area contributed by atoms with Gasteiger partial charge in [-0.25, -0.2) is 9.18 Å². The van der Waals surface area contributed by atoms with Crippen molar-refractivity contribution in [3.05, 3.63) is 29.6 Å². The van der Waals surface area contributed by atoms with Gasteiger partial charge in [0.15, 0.2) is 0 Å². The Morgan fingerprint density at radius 3 is 2.85 bits per heavy atom. The number of rotatable bonds is 3. The Kier molecular flexibility index (Phi) is 4.28. The summed E-state index contributed by atoms with van der Waals surface area (Å²) >= 11 is 0. The van der Waals surface area contributed by atoms with Gasteiger partial charge in [-0.3, -0.25) is 0 Å². The van der Waals surface area contributed by atoms with Gasteiger partial charge in [-0.2, -0.15) is 0 Å². The van der Waals surface area contributed by atoms with Gasteiger partial charge >= 0.3 is 5.97 Å². The van der Waals surface area contributed by atoms with E-state index in [2.05, 4.69) is 5.32 Å². The number of hydrogen-bond acceptors (Lipinski definition) is 4. The van der Waals surface area contributed by atoms with Crippen molar-refractivity contribution >= 4 is 11.7 Å². The summed E-state index contributed by atoms with van der Waals surface area (Å²) in [6, 6.07) is 4.65. The van der Waals surface area contributed by atoms with Gasteiger partial charge in [0.2, 0.25) is 0 Å². The van der Waals surface area contributed by atoms with Crippen molar-refractivity contribution in [2.24, 2.45) is 0 Å². The normalized spacial score (nSPS) is 26.1. The van der Waals surface area contributed by atoms with Gasteiger partial charge in [0.25, 0.3) is 0 Å². The number of hydrogen-bond donors (Lipinski definition) is 1. The van der Waals surface area contributed by atoms with Gasteiger partial charge in [0.1, 0.15) is 11.4 Å². The Morgan fingerprint density at radius 2 is 2.25 bits per heavy atom. The highest BCUT2D eigenvalue weighted by molar-refractivity contribution is 5.84. The Bertz CT molecular complexity index is 486. The molecule has 0 aromatic heterocycles. The lowest BCUT2D eigenvalue weighted by Crippen LogP contribution is -2.53. The molecular weight excluding hydrogens is 261 g/mol. The van der Waals surface area contributed by atoms with Crippen molar-refractivity contribution in [1.29, 1.82) is 0 Å². The van der Waals surface area contributed by atoms with Crippen molar-refractivity contribution in [2.45, 2.75) is 38.3 Å². The predicted molar refractivity (Wildman–Crippen MR) is 74.2 cm³/mol. The monoisotopic (exact) mass is 281 g/mol. The van der Waals surface area contributed by atoms with E-state index < -0.39 is 5.54 Å². The average molecular weight is 281 g/mol. The molecule has 4 nitrogen and oxygen atoms in total. The first kappa shape index (κ1) is 14.8. The van der Waals surface area contributed by atoms with Crippen LogP contribution in [-0.2, 0) is 14.3 Å². The van der Waals surface area contributed by atoms with Crippen LogP contribution in [0.25, 0.3) is 0 Å². The molecule has 2 rings (SSSR count). The molecule has 1 N–H and O–H groups in total. The summed E-state index contributed by atoms with van der Waals surface area (Å²) in [6.45, 7) is 4.19. The van der Waals surface area contributed by atoms with E-state index in [-0.39, 0.29) is 17.9 Å². The SMILES string of the molecule is COC(=O)C1(Nc2cc(C)cc(F)c2)CCOC(C)C1. The molecule has 1 aliphatic rings. The van der Waals surface area contributed by atoms with Crippen LogP contribution in [0, 0.1) is 12.7 Å². The molecule has 2 unspecified atom stereocenters. The molecule has 0 spiro atoms. The van der Waals surface area contributed by atoms with Crippen LogP contribution in [0.3, 0.4) is 0 Å². The van der Waals surface area contributed by atoms with E-state index in [0.29, 0.717) is 25.1 Å². The van der Waals surface area contributed by atoms with Gasteiger partial charge in [-0.05, 0) is 37.6 Å². The highest BCUT2D eigenvalue weighted by Crippen LogP contribution is 2.31. The zero-order chi connectivity index (χ0) is 14.8. The smallest absolute Gasteiger partial charge is 0.331 e. The lowest BCUT2D eigenvalue weighted by Gasteiger charge is -2.38. The Labute approximate surface area is 118 Å². The molecule has 1 saturated heterocycles. The lowest BCUT2D eigenvalue weighted by molar-refractivity contribution is -0.151. The molecule has 0 aliphatic carbocycles. The van der Waals surface area contributed by atoms with Crippen LogP contribution < -0.4 is 5.32 Å². The van der Waals surface area contributed by atoms with Crippen molar-refractivity contribution in [3.8, 4) is 0 Å². The second-order valence-electron chi connectivity index (χ2n) is 5.35. The molecule has 1 aliphatic heterocycles. The standard InChI is InChI=1S/C15H20FNO3/c1-10-6-12(16)8-13(7-10)17-15(14(18)19-3)4-5-20-11(2)9-15/h6-8,11,17H,4-5,9H2,1-3H3. The van der Waals surface area contributed by atoms with Crippen molar-refractivity contribution in [2.75, 3.05) is 19.0 Å². The molecule has 0 saturated carbocycles. The van der Waals surface area contributed by atoms with Crippen LogP contribution >= 0.6 is 0 Å². The molecule has 2 atom stereocenters.